The molecule has 0 aliphatic carbocycles. The van der Waals surface area contributed by atoms with Crippen molar-refractivity contribution in [2.24, 2.45) is 0 Å². The number of esters is 1. The molecule has 1 aromatic carbocycles. The van der Waals surface area contributed by atoms with E-state index in [1.165, 1.54) is 19.2 Å². The van der Waals surface area contributed by atoms with E-state index in [1.54, 1.807) is 0 Å². The van der Waals surface area contributed by atoms with Gasteiger partial charge in [-0.1, -0.05) is 0 Å². The molecule has 0 fully saturated rings. The van der Waals surface area contributed by atoms with Crippen LogP contribution < -0.4 is 5.73 Å². The van der Waals surface area contributed by atoms with Gasteiger partial charge in [0.1, 0.15) is 6.07 Å². The first-order valence-corrected chi connectivity index (χ1v) is 4.47. The number of ether oxygens (including phenoxy) is 1. The van der Waals surface area contributed by atoms with E-state index in [9.17, 15) is 4.79 Å². The largest absolute Gasteiger partial charge is 0.465 e. The fourth-order valence-corrected chi connectivity index (χ4v) is 1.41. The number of methoxy groups -OCH3 is 1. The molecule has 5 heteroatoms. The fraction of sp³-hybridized carbons (Fsp3) is 0.111. The molecule has 0 unspecified atom stereocenters. The zero-order chi connectivity index (χ0) is 10.7. The number of nitrogen functional groups attached to an aromatic ring is 1. The number of anilines is 1. The Labute approximate surface area is 89.4 Å². The second-order valence-electron chi connectivity index (χ2n) is 2.52. The Morgan fingerprint density at radius 2 is 2.29 bits per heavy atom. The van der Waals surface area contributed by atoms with Gasteiger partial charge in [0.2, 0.25) is 0 Å². The minimum atomic E-state index is -0.550. The van der Waals surface area contributed by atoms with Crippen LogP contribution in [0.2, 0.25) is 0 Å². The van der Waals surface area contributed by atoms with Gasteiger partial charge in [-0.15, -0.1) is 0 Å². The van der Waals surface area contributed by atoms with E-state index in [4.69, 9.17) is 11.0 Å². The van der Waals surface area contributed by atoms with Crippen molar-refractivity contribution in [2.75, 3.05) is 12.8 Å². The minimum Gasteiger partial charge on any atom is -0.465 e. The van der Waals surface area contributed by atoms with Crippen molar-refractivity contribution in [1.29, 1.82) is 5.26 Å². The van der Waals surface area contributed by atoms with E-state index in [1.807, 2.05) is 6.07 Å². The molecule has 0 saturated carbocycles. The van der Waals surface area contributed by atoms with Crippen LogP contribution in [0.25, 0.3) is 0 Å². The van der Waals surface area contributed by atoms with Gasteiger partial charge in [-0.2, -0.15) is 5.26 Å². The molecule has 0 spiro atoms. The molecule has 0 aromatic heterocycles. The second kappa shape index (κ2) is 4.11. The summed E-state index contributed by atoms with van der Waals surface area (Å²) in [6.45, 7) is 0. The highest BCUT2D eigenvalue weighted by atomic mass is 79.9. The van der Waals surface area contributed by atoms with E-state index in [0.29, 0.717) is 10.0 Å². The van der Waals surface area contributed by atoms with Crippen LogP contribution in [-0.4, -0.2) is 13.1 Å². The summed E-state index contributed by atoms with van der Waals surface area (Å²) in [5.41, 5.74) is 6.41. The third kappa shape index (κ3) is 1.86. The maximum Gasteiger partial charge on any atom is 0.340 e. The smallest absolute Gasteiger partial charge is 0.340 e. The van der Waals surface area contributed by atoms with Gasteiger partial charge in [0.25, 0.3) is 0 Å². The third-order valence-electron chi connectivity index (χ3n) is 1.66. The molecule has 1 rings (SSSR count). The summed E-state index contributed by atoms with van der Waals surface area (Å²) in [7, 11) is 1.26. The first-order chi connectivity index (χ1) is 6.60. The summed E-state index contributed by atoms with van der Waals surface area (Å²) < 4.78 is 5.07. The van der Waals surface area contributed by atoms with Crippen molar-refractivity contribution in [1.82, 2.24) is 0 Å². The zero-order valence-corrected chi connectivity index (χ0v) is 8.96. The minimum absolute atomic E-state index is 0.201. The molecule has 0 aliphatic rings. The molecule has 1 aromatic rings. The van der Waals surface area contributed by atoms with E-state index in [2.05, 4.69) is 20.7 Å². The first kappa shape index (κ1) is 10.5. The van der Waals surface area contributed by atoms with Crippen LogP contribution in [0.4, 0.5) is 5.69 Å². The predicted octanol–water partition coefficient (Wildman–Crippen LogP) is 1.69. The molecular weight excluding hydrogens is 248 g/mol. The maximum atomic E-state index is 11.2. The summed E-state index contributed by atoms with van der Waals surface area (Å²) in [6.07, 6.45) is 0. The summed E-state index contributed by atoms with van der Waals surface area (Å²) in [4.78, 5) is 11.2. The van der Waals surface area contributed by atoms with Gasteiger partial charge in [-0.25, -0.2) is 4.79 Å². The van der Waals surface area contributed by atoms with E-state index < -0.39 is 5.97 Å². The lowest BCUT2D eigenvalue weighted by molar-refractivity contribution is 0.0602. The summed E-state index contributed by atoms with van der Waals surface area (Å²) in [5, 5.41) is 8.72. The van der Waals surface area contributed by atoms with Crippen LogP contribution >= 0.6 is 15.9 Å². The molecule has 0 atom stereocenters. The Morgan fingerprint density at radius 1 is 1.64 bits per heavy atom. The standard InChI is InChI=1S/C9H7BrN2O2/c1-14-9(13)6-2-5(4-11)7(10)3-8(6)12/h2-3H,12H2,1H3. The summed E-state index contributed by atoms with van der Waals surface area (Å²) >= 11 is 3.16. The number of hydrogen-bond donors (Lipinski definition) is 1. The Morgan fingerprint density at radius 3 is 2.79 bits per heavy atom. The number of halogens is 1. The number of nitrogens with two attached hydrogens (primary N) is 1. The molecule has 2 N–H and O–H groups in total. The highest BCUT2D eigenvalue weighted by molar-refractivity contribution is 9.10. The average molecular weight is 255 g/mol. The summed E-state index contributed by atoms with van der Waals surface area (Å²) in [5.74, 6) is -0.550. The topological polar surface area (TPSA) is 76.1 Å². The molecule has 72 valence electrons. The SMILES string of the molecule is COC(=O)c1cc(C#N)c(Br)cc1N. The van der Waals surface area contributed by atoms with Crippen molar-refractivity contribution >= 4 is 27.6 Å². The van der Waals surface area contributed by atoms with Crippen LogP contribution in [-0.2, 0) is 4.74 Å². The lowest BCUT2D eigenvalue weighted by Gasteiger charge is -2.04. The summed E-state index contributed by atoms with van der Waals surface area (Å²) in [6, 6.07) is 4.83. The van der Waals surface area contributed by atoms with Crippen molar-refractivity contribution in [3.63, 3.8) is 0 Å². The molecule has 4 nitrogen and oxygen atoms in total. The third-order valence-corrected chi connectivity index (χ3v) is 2.32. The zero-order valence-electron chi connectivity index (χ0n) is 7.37. The Kier molecular flexibility index (Phi) is 3.10. The molecule has 0 heterocycles. The average Bonchev–Trinajstić information content (AvgIpc) is 2.17. The molecule has 0 saturated heterocycles. The van der Waals surface area contributed by atoms with Crippen LogP contribution in [0.3, 0.4) is 0 Å². The molecule has 0 amide bonds. The van der Waals surface area contributed by atoms with Crippen LogP contribution in [0.5, 0.6) is 0 Å². The Bertz CT molecular complexity index is 424. The van der Waals surface area contributed by atoms with Crippen molar-refractivity contribution in [2.45, 2.75) is 0 Å². The van der Waals surface area contributed by atoms with Crippen molar-refractivity contribution < 1.29 is 9.53 Å². The van der Waals surface area contributed by atoms with Gasteiger partial charge in [0, 0.05) is 10.2 Å². The number of nitriles is 1. The van der Waals surface area contributed by atoms with Crippen molar-refractivity contribution in [3.8, 4) is 6.07 Å². The number of carbonyl (C=O) groups excluding carboxylic acids is 1. The number of nitrogens with zero attached hydrogens (tertiary/aromatic N) is 1. The molecule has 0 radical (unpaired) electrons. The lowest BCUT2D eigenvalue weighted by atomic mass is 10.1. The lowest BCUT2D eigenvalue weighted by Crippen LogP contribution is -2.06. The van der Waals surface area contributed by atoms with E-state index in [-0.39, 0.29) is 11.3 Å². The van der Waals surface area contributed by atoms with Gasteiger partial charge in [0.05, 0.1) is 18.2 Å². The van der Waals surface area contributed by atoms with Crippen LogP contribution in [0.15, 0.2) is 16.6 Å². The monoisotopic (exact) mass is 254 g/mol. The normalized spacial score (nSPS) is 9.21. The molecular formula is C9H7BrN2O2. The highest BCUT2D eigenvalue weighted by Crippen LogP contribution is 2.23. The number of rotatable bonds is 1. The number of hydrogen-bond acceptors (Lipinski definition) is 4. The molecule has 0 bridgehead atoms. The molecule has 0 aliphatic heterocycles. The predicted molar refractivity (Wildman–Crippen MR) is 54.6 cm³/mol. The van der Waals surface area contributed by atoms with Gasteiger partial charge in [0.15, 0.2) is 0 Å². The Hall–Kier alpha value is -1.54. The van der Waals surface area contributed by atoms with Crippen molar-refractivity contribution in [3.05, 3.63) is 27.7 Å². The van der Waals surface area contributed by atoms with E-state index in [0.717, 1.165) is 0 Å². The van der Waals surface area contributed by atoms with Gasteiger partial charge in [-0.05, 0) is 28.1 Å². The first-order valence-electron chi connectivity index (χ1n) is 3.67. The highest BCUT2D eigenvalue weighted by Gasteiger charge is 2.12. The van der Waals surface area contributed by atoms with Gasteiger partial charge < -0.3 is 10.5 Å². The quantitative estimate of drug-likeness (QED) is 0.611. The maximum absolute atomic E-state index is 11.2. The van der Waals surface area contributed by atoms with Gasteiger partial charge in [-0.3, -0.25) is 0 Å². The molecule has 14 heavy (non-hydrogen) atoms. The number of carbonyl (C=O) groups is 1. The second-order valence-corrected chi connectivity index (χ2v) is 3.38. The Balaban J connectivity index is 3.33. The van der Waals surface area contributed by atoms with E-state index >= 15 is 0 Å². The number of benzene rings is 1. The van der Waals surface area contributed by atoms with Crippen LogP contribution in [0.1, 0.15) is 15.9 Å². The van der Waals surface area contributed by atoms with Gasteiger partial charge >= 0.3 is 5.97 Å². The van der Waals surface area contributed by atoms with Crippen LogP contribution in [0, 0.1) is 11.3 Å². The fourth-order valence-electron chi connectivity index (χ4n) is 0.961.